The molecule has 2 atom stereocenters. The molecule has 1 aromatic rings. The van der Waals surface area contributed by atoms with Crippen LogP contribution >= 0.6 is 11.6 Å². The van der Waals surface area contributed by atoms with Gasteiger partial charge >= 0.3 is 0 Å². The van der Waals surface area contributed by atoms with Crippen LogP contribution in [0.1, 0.15) is 70.8 Å². The van der Waals surface area contributed by atoms with Crippen LogP contribution in [-0.2, 0) is 15.0 Å². The van der Waals surface area contributed by atoms with Gasteiger partial charge in [0.1, 0.15) is 0 Å². The average Bonchev–Trinajstić information content (AvgIpc) is 3.13. The molecular formula is C22H31ClN2O2. The number of carbonyl (C=O) groups excluding carboxylic acids is 2. The summed E-state index contributed by atoms with van der Waals surface area (Å²) in [7, 11) is 0. The lowest BCUT2D eigenvalue weighted by Crippen LogP contribution is -2.49. The number of hydrogen-bond acceptors (Lipinski definition) is 2. The molecule has 5 heteroatoms. The molecule has 0 bridgehead atoms. The van der Waals surface area contributed by atoms with Gasteiger partial charge in [-0.1, -0.05) is 43.0 Å². The summed E-state index contributed by atoms with van der Waals surface area (Å²) in [6, 6.07) is 7.96. The summed E-state index contributed by atoms with van der Waals surface area (Å²) >= 11 is 6.04. The maximum atomic E-state index is 13.3. The first-order valence-corrected chi connectivity index (χ1v) is 10.7. The Labute approximate surface area is 167 Å². The fraction of sp³-hybridized carbons (Fsp3) is 0.636. The van der Waals surface area contributed by atoms with Crippen molar-refractivity contribution < 1.29 is 9.59 Å². The number of carbonyl (C=O) groups is 2. The van der Waals surface area contributed by atoms with Crippen molar-refractivity contribution in [2.45, 2.75) is 82.7 Å². The van der Waals surface area contributed by atoms with Gasteiger partial charge in [-0.3, -0.25) is 9.59 Å². The SMILES string of the molecule is CC(C)NC(=O)C1CCCC(NC(=O)C2(c3ccc(Cl)cc3)CCCC2)C1. The highest BCUT2D eigenvalue weighted by molar-refractivity contribution is 6.30. The summed E-state index contributed by atoms with van der Waals surface area (Å²) in [6.07, 6.45) is 7.48. The molecule has 27 heavy (non-hydrogen) atoms. The molecule has 0 aromatic heterocycles. The molecule has 0 saturated heterocycles. The summed E-state index contributed by atoms with van der Waals surface area (Å²) in [5.74, 6) is 0.246. The minimum absolute atomic E-state index is 0.00140. The maximum absolute atomic E-state index is 13.3. The zero-order valence-electron chi connectivity index (χ0n) is 16.4. The van der Waals surface area contributed by atoms with Crippen LogP contribution < -0.4 is 10.6 Å². The van der Waals surface area contributed by atoms with Gasteiger partial charge in [-0.2, -0.15) is 0 Å². The van der Waals surface area contributed by atoms with Crippen molar-refractivity contribution in [3.05, 3.63) is 34.9 Å². The van der Waals surface area contributed by atoms with Crippen LogP contribution in [0.4, 0.5) is 0 Å². The molecule has 2 amide bonds. The van der Waals surface area contributed by atoms with E-state index in [1.807, 2.05) is 38.1 Å². The molecule has 0 radical (unpaired) electrons. The van der Waals surface area contributed by atoms with Crippen molar-refractivity contribution in [1.82, 2.24) is 10.6 Å². The van der Waals surface area contributed by atoms with Gasteiger partial charge in [0, 0.05) is 23.0 Å². The number of hydrogen-bond donors (Lipinski definition) is 2. The highest BCUT2D eigenvalue weighted by Crippen LogP contribution is 2.42. The Kier molecular flexibility index (Phi) is 6.46. The van der Waals surface area contributed by atoms with E-state index < -0.39 is 5.41 Å². The molecule has 0 aliphatic heterocycles. The number of rotatable bonds is 5. The minimum atomic E-state index is -0.447. The molecule has 3 rings (SSSR count). The predicted octanol–water partition coefficient (Wildman–Crippen LogP) is 4.35. The molecule has 2 saturated carbocycles. The summed E-state index contributed by atoms with van der Waals surface area (Å²) < 4.78 is 0. The molecule has 0 heterocycles. The van der Waals surface area contributed by atoms with E-state index in [4.69, 9.17) is 11.6 Å². The van der Waals surface area contributed by atoms with Crippen molar-refractivity contribution in [2.24, 2.45) is 5.92 Å². The summed E-state index contributed by atoms with van der Waals surface area (Å²) in [5, 5.41) is 7.01. The van der Waals surface area contributed by atoms with E-state index >= 15 is 0 Å². The second kappa shape index (κ2) is 8.64. The van der Waals surface area contributed by atoms with E-state index in [9.17, 15) is 9.59 Å². The van der Waals surface area contributed by atoms with Crippen molar-refractivity contribution >= 4 is 23.4 Å². The molecule has 0 spiro atoms. The normalized spacial score (nSPS) is 24.6. The van der Waals surface area contributed by atoms with Gasteiger partial charge in [0.25, 0.3) is 0 Å². The molecule has 2 aliphatic carbocycles. The Bertz CT molecular complexity index is 665. The topological polar surface area (TPSA) is 58.2 Å². The van der Waals surface area contributed by atoms with Gasteiger partial charge in [0.2, 0.25) is 11.8 Å². The van der Waals surface area contributed by atoms with Crippen LogP contribution in [0.5, 0.6) is 0 Å². The predicted molar refractivity (Wildman–Crippen MR) is 109 cm³/mol. The molecule has 2 fully saturated rings. The largest absolute Gasteiger partial charge is 0.354 e. The maximum Gasteiger partial charge on any atom is 0.230 e. The fourth-order valence-electron chi connectivity index (χ4n) is 4.68. The molecule has 2 unspecified atom stereocenters. The Hall–Kier alpha value is -1.55. The fourth-order valence-corrected chi connectivity index (χ4v) is 4.81. The first-order valence-electron chi connectivity index (χ1n) is 10.3. The quantitative estimate of drug-likeness (QED) is 0.785. The molecule has 2 N–H and O–H groups in total. The molecule has 2 aliphatic rings. The molecule has 1 aromatic carbocycles. The Morgan fingerprint density at radius 3 is 2.37 bits per heavy atom. The summed E-state index contributed by atoms with van der Waals surface area (Å²) in [6.45, 7) is 3.96. The Morgan fingerprint density at radius 2 is 1.74 bits per heavy atom. The van der Waals surface area contributed by atoms with E-state index in [1.54, 1.807) is 0 Å². The van der Waals surface area contributed by atoms with Crippen molar-refractivity contribution in [1.29, 1.82) is 0 Å². The standard InChI is InChI=1S/C22H31ClN2O2/c1-15(2)24-20(26)16-6-5-7-19(14-16)25-21(27)22(12-3-4-13-22)17-8-10-18(23)11-9-17/h8-11,15-16,19H,3-7,12-14H2,1-2H3,(H,24,26)(H,25,27). The van der Waals surface area contributed by atoms with Crippen molar-refractivity contribution in [3.8, 4) is 0 Å². The van der Waals surface area contributed by atoms with E-state index in [-0.39, 0.29) is 29.8 Å². The Morgan fingerprint density at radius 1 is 1.07 bits per heavy atom. The minimum Gasteiger partial charge on any atom is -0.354 e. The number of benzene rings is 1. The highest BCUT2D eigenvalue weighted by atomic mass is 35.5. The smallest absolute Gasteiger partial charge is 0.230 e. The summed E-state index contributed by atoms with van der Waals surface area (Å²) in [5.41, 5.74) is 0.615. The summed E-state index contributed by atoms with van der Waals surface area (Å²) in [4.78, 5) is 25.7. The lowest BCUT2D eigenvalue weighted by molar-refractivity contribution is -0.130. The van der Waals surface area contributed by atoms with Crippen molar-refractivity contribution in [2.75, 3.05) is 0 Å². The molecular weight excluding hydrogens is 360 g/mol. The monoisotopic (exact) mass is 390 g/mol. The third-order valence-corrected chi connectivity index (χ3v) is 6.35. The zero-order chi connectivity index (χ0) is 19.4. The van der Waals surface area contributed by atoms with E-state index in [0.29, 0.717) is 5.02 Å². The van der Waals surface area contributed by atoms with Crippen LogP contribution in [0, 0.1) is 5.92 Å². The highest BCUT2D eigenvalue weighted by Gasteiger charge is 2.43. The van der Waals surface area contributed by atoms with Crippen LogP contribution in [0.3, 0.4) is 0 Å². The molecule has 4 nitrogen and oxygen atoms in total. The van der Waals surface area contributed by atoms with E-state index in [0.717, 1.165) is 56.9 Å². The Balaban J connectivity index is 1.69. The zero-order valence-corrected chi connectivity index (χ0v) is 17.1. The van der Waals surface area contributed by atoms with Crippen LogP contribution in [0.15, 0.2) is 24.3 Å². The van der Waals surface area contributed by atoms with Crippen LogP contribution in [-0.4, -0.2) is 23.9 Å². The molecule has 148 valence electrons. The lowest BCUT2D eigenvalue weighted by atomic mass is 9.77. The van der Waals surface area contributed by atoms with Gasteiger partial charge in [-0.25, -0.2) is 0 Å². The first-order chi connectivity index (χ1) is 12.9. The average molecular weight is 391 g/mol. The van der Waals surface area contributed by atoms with Gasteiger partial charge in [0.05, 0.1) is 5.41 Å². The van der Waals surface area contributed by atoms with Gasteiger partial charge < -0.3 is 10.6 Å². The van der Waals surface area contributed by atoms with Crippen LogP contribution in [0.25, 0.3) is 0 Å². The lowest BCUT2D eigenvalue weighted by Gasteiger charge is -2.34. The third kappa shape index (κ3) is 4.66. The van der Waals surface area contributed by atoms with Gasteiger partial charge in [-0.05, 0) is 63.6 Å². The van der Waals surface area contributed by atoms with E-state index in [1.165, 1.54) is 0 Å². The van der Waals surface area contributed by atoms with Crippen LogP contribution in [0.2, 0.25) is 5.02 Å². The number of halogens is 1. The third-order valence-electron chi connectivity index (χ3n) is 6.10. The number of nitrogens with one attached hydrogen (secondary N) is 2. The second-order valence-electron chi connectivity index (χ2n) is 8.49. The first kappa shape index (κ1) is 20.2. The van der Waals surface area contributed by atoms with Crippen molar-refractivity contribution in [3.63, 3.8) is 0 Å². The van der Waals surface area contributed by atoms with E-state index in [2.05, 4.69) is 10.6 Å². The second-order valence-corrected chi connectivity index (χ2v) is 8.93. The number of amides is 2. The van der Waals surface area contributed by atoms with Gasteiger partial charge in [-0.15, -0.1) is 0 Å². The van der Waals surface area contributed by atoms with Gasteiger partial charge in [0.15, 0.2) is 0 Å².